The van der Waals surface area contributed by atoms with Crippen molar-refractivity contribution in [2.45, 2.75) is 76.4 Å². The lowest BCUT2D eigenvalue weighted by atomic mass is 9.91. The van der Waals surface area contributed by atoms with E-state index in [0.717, 1.165) is 60.1 Å². The van der Waals surface area contributed by atoms with Crippen molar-refractivity contribution in [2.75, 3.05) is 0 Å². The summed E-state index contributed by atoms with van der Waals surface area (Å²) < 4.78 is 60.1. The maximum Gasteiger partial charge on any atom is 0.416 e. The van der Waals surface area contributed by atoms with Crippen LogP contribution in [0.3, 0.4) is 0 Å². The van der Waals surface area contributed by atoms with Gasteiger partial charge in [0.25, 0.3) is 0 Å². The number of fused-ring (bicyclic) bond motifs is 1. The number of hydrogen-bond acceptors (Lipinski definition) is 4. The van der Waals surface area contributed by atoms with Crippen molar-refractivity contribution < 1.29 is 41.8 Å². The number of nitrogens with one attached hydrogen (secondary N) is 1. The highest BCUT2D eigenvalue weighted by Crippen LogP contribution is 2.35. The van der Waals surface area contributed by atoms with Gasteiger partial charge < -0.3 is 20.1 Å². The van der Waals surface area contributed by atoms with Crippen LogP contribution in [0.5, 0.6) is 5.75 Å². The van der Waals surface area contributed by atoms with Gasteiger partial charge in [-0.1, -0.05) is 73.5 Å². The molecule has 266 valence electrons. The lowest BCUT2D eigenvalue weighted by Gasteiger charge is -2.37. The van der Waals surface area contributed by atoms with Crippen LogP contribution in [0.25, 0.3) is 11.1 Å². The first kappa shape index (κ1) is 35.6. The normalized spacial score (nSPS) is 16.7. The Morgan fingerprint density at radius 2 is 1.59 bits per heavy atom. The molecule has 0 unspecified atom stereocenters. The molecule has 1 saturated carbocycles. The number of hydrogen-bond donors (Lipinski definition) is 2. The van der Waals surface area contributed by atoms with Crippen LogP contribution in [0.4, 0.5) is 17.6 Å². The van der Waals surface area contributed by atoms with Crippen LogP contribution in [0, 0.1) is 11.7 Å². The molecular weight excluding hydrogens is 664 g/mol. The van der Waals surface area contributed by atoms with Crippen LogP contribution in [0.15, 0.2) is 91.0 Å². The number of nitrogens with zero attached hydrogens (tertiary/aromatic N) is 1. The molecule has 2 amide bonds. The average Bonchev–Trinajstić information content (AvgIpc) is 3.63. The van der Waals surface area contributed by atoms with E-state index >= 15 is 0 Å². The van der Waals surface area contributed by atoms with Crippen LogP contribution in [-0.4, -0.2) is 39.9 Å². The summed E-state index contributed by atoms with van der Waals surface area (Å²) in [5.41, 5.74) is 2.74. The second kappa shape index (κ2) is 15.4. The molecular formula is C40H38F4N2O5. The minimum Gasteiger partial charge on any atom is -0.489 e. The molecule has 11 heteroatoms. The summed E-state index contributed by atoms with van der Waals surface area (Å²) in [6.07, 6.45) is -0.408. The number of carboxylic acid groups (broad SMARTS) is 1. The average molecular weight is 703 g/mol. The Labute approximate surface area is 293 Å². The Bertz CT molecular complexity index is 1870. The highest BCUT2D eigenvalue weighted by molar-refractivity contribution is 5.91. The molecule has 7 nitrogen and oxygen atoms in total. The summed E-state index contributed by atoms with van der Waals surface area (Å²) in [6.45, 7) is -0.505. The van der Waals surface area contributed by atoms with Gasteiger partial charge in [0, 0.05) is 31.4 Å². The molecule has 2 N–H and O–H groups in total. The lowest BCUT2D eigenvalue weighted by Crippen LogP contribution is -2.56. The van der Waals surface area contributed by atoms with Gasteiger partial charge in [-0.25, -0.2) is 9.18 Å². The molecule has 0 radical (unpaired) electrons. The van der Waals surface area contributed by atoms with Crippen molar-refractivity contribution in [3.8, 4) is 16.9 Å². The molecule has 51 heavy (non-hydrogen) atoms. The van der Waals surface area contributed by atoms with E-state index < -0.39 is 48.1 Å². The van der Waals surface area contributed by atoms with Crippen molar-refractivity contribution in [1.82, 2.24) is 10.2 Å². The Morgan fingerprint density at radius 3 is 2.27 bits per heavy atom. The molecule has 0 aromatic heterocycles. The predicted molar refractivity (Wildman–Crippen MR) is 182 cm³/mol. The van der Waals surface area contributed by atoms with Crippen LogP contribution >= 0.6 is 0 Å². The van der Waals surface area contributed by atoms with Gasteiger partial charge in [-0.2, -0.15) is 13.2 Å². The summed E-state index contributed by atoms with van der Waals surface area (Å²) in [5, 5.41) is 12.8. The third kappa shape index (κ3) is 8.76. The second-order valence-corrected chi connectivity index (χ2v) is 13.3. The minimum atomic E-state index is -4.69. The van der Waals surface area contributed by atoms with Gasteiger partial charge in [-0.3, -0.25) is 9.59 Å². The number of halogens is 4. The van der Waals surface area contributed by atoms with Gasteiger partial charge in [0.2, 0.25) is 11.8 Å². The van der Waals surface area contributed by atoms with Crippen molar-refractivity contribution in [2.24, 2.45) is 5.92 Å². The number of ether oxygens (including phenoxy) is 1. The van der Waals surface area contributed by atoms with Gasteiger partial charge in [0.15, 0.2) is 0 Å². The molecule has 1 heterocycles. The summed E-state index contributed by atoms with van der Waals surface area (Å²) >= 11 is 0. The van der Waals surface area contributed by atoms with E-state index in [0.29, 0.717) is 11.6 Å². The second-order valence-electron chi connectivity index (χ2n) is 13.3. The zero-order valence-electron chi connectivity index (χ0n) is 27.8. The molecule has 0 saturated heterocycles. The standard InChI is InChI=1S/C40H38F4N2O5/c41-32-15-17-34(40(42,43)44)31(20-32)24-51-33-16-14-29-22-36(46(23-30(29)21-33)37(47)19-25-6-4-5-7-25)38(48)45-35(39(49)50)18-26-10-12-28(13-11-26)27-8-2-1-3-9-27/h1-3,8-17,20-21,25,35-36H,4-7,18-19,22-24H2,(H,45,48)(H,49,50)/t35-,36-/m0/s1. The van der Waals surface area contributed by atoms with Gasteiger partial charge >= 0.3 is 12.1 Å². The first-order chi connectivity index (χ1) is 24.4. The molecule has 1 aliphatic carbocycles. The summed E-state index contributed by atoms with van der Waals surface area (Å²) in [7, 11) is 0. The number of carbonyl (C=O) groups excluding carboxylic acids is 2. The number of benzene rings is 4. The SMILES string of the molecule is O=C(O)[C@H](Cc1ccc(-c2ccccc2)cc1)NC(=O)[C@@H]1Cc2ccc(OCc3cc(F)ccc3C(F)(F)F)cc2CN1C(=O)CC1CCCC1. The van der Waals surface area contributed by atoms with Crippen LogP contribution in [0.2, 0.25) is 0 Å². The summed E-state index contributed by atoms with van der Waals surface area (Å²) in [5.74, 6) is -2.42. The zero-order valence-corrected chi connectivity index (χ0v) is 27.8. The van der Waals surface area contributed by atoms with Crippen molar-refractivity contribution in [1.29, 1.82) is 0 Å². The fourth-order valence-corrected chi connectivity index (χ4v) is 7.01. The van der Waals surface area contributed by atoms with E-state index in [1.807, 2.05) is 54.6 Å². The van der Waals surface area contributed by atoms with E-state index in [9.17, 15) is 37.1 Å². The third-order valence-electron chi connectivity index (χ3n) is 9.75. The monoisotopic (exact) mass is 702 g/mol. The van der Waals surface area contributed by atoms with E-state index in [1.165, 1.54) is 4.90 Å². The molecule has 6 rings (SSSR count). The van der Waals surface area contributed by atoms with Crippen molar-refractivity contribution >= 4 is 17.8 Å². The predicted octanol–water partition coefficient (Wildman–Crippen LogP) is 7.74. The first-order valence-electron chi connectivity index (χ1n) is 17.0. The fourth-order valence-electron chi connectivity index (χ4n) is 7.01. The van der Waals surface area contributed by atoms with Gasteiger partial charge in [0.1, 0.15) is 30.3 Å². The molecule has 4 aromatic carbocycles. The van der Waals surface area contributed by atoms with Gasteiger partial charge in [-0.15, -0.1) is 0 Å². The largest absolute Gasteiger partial charge is 0.489 e. The number of carboxylic acids is 1. The quantitative estimate of drug-likeness (QED) is 0.156. The highest BCUT2D eigenvalue weighted by atomic mass is 19.4. The van der Waals surface area contributed by atoms with Crippen molar-refractivity contribution in [3.05, 3.63) is 125 Å². The van der Waals surface area contributed by atoms with Crippen LogP contribution in [0.1, 0.15) is 59.9 Å². The molecule has 1 fully saturated rings. The highest BCUT2D eigenvalue weighted by Gasteiger charge is 2.38. The number of aliphatic carboxylic acids is 1. The van der Waals surface area contributed by atoms with Crippen LogP contribution < -0.4 is 10.1 Å². The fraction of sp³-hybridized carbons (Fsp3) is 0.325. The van der Waals surface area contributed by atoms with Crippen molar-refractivity contribution in [3.63, 3.8) is 0 Å². The van der Waals surface area contributed by atoms with Crippen LogP contribution in [-0.2, 0) is 46.6 Å². The summed E-state index contributed by atoms with van der Waals surface area (Å²) in [6, 6.07) is 22.1. The van der Waals surface area contributed by atoms with Gasteiger partial charge in [0.05, 0.1) is 5.56 Å². The van der Waals surface area contributed by atoms with E-state index in [4.69, 9.17) is 4.74 Å². The minimum absolute atomic E-state index is 0.0304. The smallest absolute Gasteiger partial charge is 0.416 e. The third-order valence-corrected chi connectivity index (χ3v) is 9.75. The number of rotatable bonds is 11. The van der Waals surface area contributed by atoms with E-state index in [1.54, 1.807) is 18.2 Å². The van der Waals surface area contributed by atoms with E-state index in [2.05, 4.69) is 5.32 Å². The lowest BCUT2D eigenvalue weighted by molar-refractivity contribution is -0.145. The first-order valence-corrected chi connectivity index (χ1v) is 17.0. The maximum absolute atomic E-state index is 13.9. The molecule has 2 aliphatic rings. The van der Waals surface area contributed by atoms with E-state index in [-0.39, 0.29) is 48.9 Å². The zero-order chi connectivity index (χ0) is 36.1. The number of carbonyl (C=O) groups is 3. The Morgan fingerprint density at radius 1 is 0.882 bits per heavy atom. The van der Waals surface area contributed by atoms with Gasteiger partial charge in [-0.05, 0) is 76.9 Å². The number of amides is 2. The molecule has 0 bridgehead atoms. The molecule has 4 aromatic rings. The molecule has 0 spiro atoms. The summed E-state index contributed by atoms with van der Waals surface area (Å²) in [4.78, 5) is 41.4. The molecule has 2 atom stereocenters. The number of alkyl halides is 3. The molecule has 1 aliphatic heterocycles. The Kier molecular flexibility index (Phi) is 10.7. The Balaban J connectivity index is 1.19. The topological polar surface area (TPSA) is 95.9 Å². The maximum atomic E-state index is 13.9. The Hall–Kier alpha value is -5.19.